The molecule has 0 amide bonds. The molecule has 0 heterocycles. The van der Waals surface area contributed by atoms with Gasteiger partial charge in [0.25, 0.3) is 0 Å². The maximum Gasteiger partial charge on any atom is 0.00670 e. The first-order valence-electron chi connectivity index (χ1n) is 11.1. The van der Waals surface area contributed by atoms with Crippen LogP contribution in [0.5, 0.6) is 0 Å². The second-order valence-corrected chi connectivity index (χ2v) is 7.72. The average Bonchev–Trinajstić information content (AvgIpc) is 2.60. The molecule has 4 N–H and O–H groups in total. The molecule has 24 heavy (non-hydrogen) atoms. The van der Waals surface area contributed by atoms with Crippen molar-refractivity contribution in [2.24, 2.45) is 5.73 Å². The lowest BCUT2D eigenvalue weighted by atomic mass is 10.0. The first kappa shape index (κ1) is 21.9. The van der Waals surface area contributed by atoms with Crippen molar-refractivity contribution in [1.82, 2.24) is 10.6 Å². The smallest absolute Gasteiger partial charge is 0.00670 e. The van der Waals surface area contributed by atoms with E-state index in [0.29, 0.717) is 0 Å². The van der Waals surface area contributed by atoms with Crippen molar-refractivity contribution < 1.29 is 0 Å². The van der Waals surface area contributed by atoms with Gasteiger partial charge in [-0.25, -0.2) is 0 Å². The van der Waals surface area contributed by atoms with E-state index in [-0.39, 0.29) is 0 Å². The second-order valence-electron chi connectivity index (χ2n) is 7.72. The SMILES string of the molecule is NCCCNCCCNC1CCCCCCCCCCCCCC1. The van der Waals surface area contributed by atoms with Crippen LogP contribution in [0.3, 0.4) is 0 Å². The fourth-order valence-electron chi connectivity index (χ4n) is 3.77. The Bertz CT molecular complexity index is 229. The molecule has 0 aromatic carbocycles. The van der Waals surface area contributed by atoms with Gasteiger partial charge >= 0.3 is 0 Å². The predicted molar refractivity (Wildman–Crippen MR) is 108 cm³/mol. The van der Waals surface area contributed by atoms with Crippen LogP contribution in [0.1, 0.15) is 103 Å². The third-order valence-corrected chi connectivity index (χ3v) is 5.38. The largest absolute Gasteiger partial charge is 0.330 e. The van der Waals surface area contributed by atoms with E-state index in [1.165, 1.54) is 103 Å². The third-order valence-electron chi connectivity index (χ3n) is 5.38. The van der Waals surface area contributed by atoms with Crippen LogP contribution in [0, 0.1) is 0 Å². The Balaban J connectivity index is 2.13. The highest BCUT2D eigenvalue weighted by Gasteiger charge is 2.08. The summed E-state index contributed by atoms with van der Waals surface area (Å²) in [4.78, 5) is 0. The molecule has 0 aromatic rings. The average molecular weight is 340 g/mol. The van der Waals surface area contributed by atoms with Gasteiger partial charge in [-0.05, 0) is 51.9 Å². The van der Waals surface area contributed by atoms with Crippen molar-refractivity contribution in [2.45, 2.75) is 109 Å². The summed E-state index contributed by atoms with van der Waals surface area (Å²) in [5.74, 6) is 0. The zero-order valence-electron chi connectivity index (χ0n) is 16.3. The van der Waals surface area contributed by atoms with Gasteiger partial charge in [-0.15, -0.1) is 0 Å². The highest BCUT2D eigenvalue weighted by molar-refractivity contribution is 4.68. The van der Waals surface area contributed by atoms with Gasteiger partial charge in [0.1, 0.15) is 0 Å². The van der Waals surface area contributed by atoms with E-state index >= 15 is 0 Å². The van der Waals surface area contributed by atoms with Crippen molar-refractivity contribution in [3.8, 4) is 0 Å². The fourth-order valence-corrected chi connectivity index (χ4v) is 3.77. The minimum Gasteiger partial charge on any atom is -0.330 e. The van der Waals surface area contributed by atoms with Gasteiger partial charge in [0.15, 0.2) is 0 Å². The Morgan fingerprint density at radius 2 is 1.04 bits per heavy atom. The lowest BCUT2D eigenvalue weighted by Gasteiger charge is -2.19. The number of rotatable bonds is 8. The van der Waals surface area contributed by atoms with Gasteiger partial charge in [-0.2, -0.15) is 0 Å². The first-order valence-corrected chi connectivity index (χ1v) is 11.1. The Morgan fingerprint density at radius 3 is 1.54 bits per heavy atom. The normalized spacial score (nSPS) is 20.4. The molecule has 3 nitrogen and oxygen atoms in total. The van der Waals surface area contributed by atoms with Crippen LogP contribution in [0.15, 0.2) is 0 Å². The van der Waals surface area contributed by atoms with Crippen molar-refractivity contribution in [2.75, 3.05) is 26.2 Å². The molecule has 0 atom stereocenters. The first-order chi connectivity index (χ1) is 11.9. The van der Waals surface area contributed by atoms with Crippen LogP contribution < -0.4 is 16.4 Å². The summed E-state index contributed by atoms with van der Waals surface area (Å²) in [5.41, 5.74) is 5.51. The van der Waals surface area contributed by atoms with Crippen molar-refractivity contribution in [3.63, 3.8) is 0 Å². The van der Waals surface area contributed by atoms with Crippen LogP contribution in [0.25, 0.3) is 0 Å². The Morgan fingerprint density at radius 1 is 0.583 bits per heavy atom. The molecular formula is C21H45N3. The van der Waals surface area contributed by atoms with E-state index in [4.69, 9.17) is 5.73 Å². The van der Waals surface area contributed by atoms with Gasteiger partial charge in [0, 0.05) is 6.04 Å². The minimum atomic E-state index is 0.763. The molecule has 1 aliphatic rings. The summed E-state index contributed by atoms with van der Waals surface area (Å²) in [6.07, 6.45) is 22.6. The Labute approximate surface area is 151 Å². The topological polar surface area (TPSA) is 50.1 Å². The van der Waals surface area contributed by atoms with Gasteiger partial charge in [-0.3, -0.25) is 0 Å². The number of hydrogen-bond acceptors (Lipinski definition) is 3. The van der Waals surface area contributed by atoms with Crippen LogP contribution in [-0.2, 0) is 0 Å². The predicted octanol–water partition coefficient (Wildman–Crippen LogP) is 4.75. The fraction of sp³-hybridized carbons (Fsp3) is 1.00. The summed E-state index contributed by atoms with van der Waals surface area (Å²) < 4.78 is 0. The van der Waals surface area contributed by atoms with Crippen LogP contribution in [-0.4, -0.2) is 32.2 Å². The van der Waals surface area contributed by atoms with Gasteiger partial charge in [0.2, 0.25) is 0 Å². The van der Waals surface area contributed by atoms with Crippen molar-refractivity contribution in [3.05, 3.63) is 0 Å². The van der Waals surface area contributed by atoms with E-state index in [9.17, 15) is 0 Å². The Hall–Kier alpha value is -0.120. The summed E-state index contributed by atoms with van der Waals surface area (Å²) in [6.45, 7) is 4.16. The lowest BCUT2D eigenvalue weighted by Crippen LogP contribution is -2.32. The molecule has 0 spiro atoms. The number of hydrogen-bond donors (Lipinski definition) is 3. The van der Waals surface area contributed by atoms with Crippen molar-refractivity contribution in [1.29, 1.82) is 0 Å². The summed E-state index contributed by atoms with van der Waals surface area (Å²) in [5, 5.41) is 7.32. The van der Waals surface area contributed by atoms with Gasteiger partial charge in [-0.1, -0.05) is 77.0 Å². The molecule has 0 bridgehead atoms. The maximum atomic E-state index is 5.51. The van der Waals surface area contributed by atoms with Gasteiger partial charge in [0.05, 0.1) is 0 Å². The zero-order valence-corrected chi connectivity index (χ0v) is 16.3. The standard InChI is InChI=1S/C21H45N3/c22-17-13-18-23-19-14-20-24-21-15-11-9-7-5-3-1-2-4-6-8-10-12-16-21/h21,23-24H,1-20,22H2. The monoisotopic (exact) mass is 339 g/mol. The molecule has 1 aliphatic carbocycles. The molecule has 0 unspecified atom stereocenters. The Kier molecular flexibility index (Phi) is 16.2. The van der Waals surface area contributed by atoms with E-state index in [1.54, 1.807) is 0 Å². The van der Waals surface area contributed by atoms with Gasteiger partial charge < -0.3 is 16.4 Å². The van der Waals surface area contributed by atoms with E-state index in [2.05, 4.69) is 10.6 Å². The van der Waals surface area contributed by atoms with Crippen LogP contribution in [0.4, 0.5) is 0 Å². The molecule has 0 aromatic heterocycles. The molecule has 0 radical (unpaired) electrons. The number of nitrogens with two attached hydrogens (primary N) is 1. The summed E-state index contributed by atoms with van der Waals surface area (Å²) in [6, 6.07) is 0.763. The molecule has 1 fully saturated rings. The van der Waals surface area contributed by atoms with E-state index in [1.807, 2.05) is 0 Å². The molecule has 3 heteroatoms. The van der Waals surface area contributed by atoms with Crippen molar-refractivity contribution >= 4 is 0 Å². The highest BCUT2D eigenvalue weighted by Crippen LogP contribution is 2.17. The van der Waals surface area contributed by atoms with Crippen LogP contribution in [0.2, 0.25) is 0 Å². The molecule has 1 rings (SSSR count). The molecule has 0 saturated heterocycles. The molecule has 0 aliphatic heterocycles. The lowest BCUT2D eigenvalue weighted by molar-refractivity contribution is 0.409. The molecule has 1 saturated carbocycles. The zero-order chi connectivity index (χ0) is 17.1. The highest BCUT2D eigenvalue weighted by atomic mass is 14.9. The quantitative estimate of drug-likeness (QED) is 0.559. The maximum absolute atomic E-state index is 5.51. The van der Waals surface area contributed by atoms with Crippen LogP contribution >= 0.6 is 0 Å². The summed E-state index contributed by atoms with van der Waals surface area (Å²) in [7, 11) is 0. The van der Waals surface area contributed by atoms with E-state index in [0.717, 1.165) is 32.1 Å². The van der Waals surface area contributed by atoms with E-state index < -0.39 is 0 Å². The molecular weight excluding hydrogens is 294 g/mol. The second kappa shape index (κ2) is 17.7. The molecule has 144 valence electrons. The summed E-state index contributed by atoms with van der Waals surface area (Å²) >= 11 is 0. The minimum absolute atomic E-state index is 0.763. The third kappa shape index (κ3) is 14.2. The number of nitrogens with one attached hydrogen (secondary N) is 2.